The second-order valence-corrected chi connectivity index (χ2v) is 4.56. The maximum Gasteiger partial charge on any atom is 0.227 e. The molecule has 1 rings (SSSR count). The molecule has 19 heavy (non-hydrogen) atoms. The number of halogens is 1. The van der Waals surface area contributed by atoms with E-state index in [1.807, 2.05) is 6.92 Å². The van der Waals surface area contributed by atoms with E-state index in [9.17, 15) is 4.79 Å². The largest absolute Gasteiger partial charge is 0.495 e. The number of rotatable bonds is 6. The van der Waals surface area contributed by atoms with Gasteiger partial charge in [-0.05, 0) is 19.0 Å². The van der Waals surface area contributed by atoms with E-state index in [0.717, 1.165) is 0 Å². The number of hydrogen-bond acceptors (Lipinski definition) is 4. The number of nitrogens with one attached hydrogen (secondary N) is 1. The zero-order chi connectivity index (χ0) is 14.4. The first-order valence-electron chi connectivity index (χ1n) is 5.96. The summed E-state index contributed by atoms with van der Waals surface area (Å²) in [6.07, 6.45) is 0.623. The van der Waals surface area contributed by atoms with Crippen LogP contribution in [-0.4, -0.2) is 26.7 Å². The van der Waals surface area contributed by atoms with Crippen molar-refractivity contribution in [1.82, 2.24) is 0 Å². The Morgan fingerprint density at radius 1 is 1.37 bits per heavy atom. The molecule has 5 nitrogen and oxygen atoms in total. The smallest absolute Gasteiger partial charge is 0.227 e. The molecule has 1 unspecified atom stereocenters. The minimum absolute atomic E-state index is 0.120. The van der Waals surface area contributed by atoms with Crippen molar-refractivity contribution in [2.45, 2.75) is 13.3 Å². The van der Waals surface area contributed by atoms with Gasteiger partial charge in [-0.1, -0.05) is 18.5 Å². The first kappa shape index (κ1) is 15.6. The molecule has 0 bridgehead atoms. The number of hydrogen-bond donors (Lipinski definition) is 2. The molecule has 1 aromatic carbocycles. The standard InChI is InChI=1S/C13H19ClN2O3/c1-8(4-5-15)13(17)16-10-6-9(14)11(18-2)7-12(10)19-3/h6-8H,4-5,15H2,1-3H3,(H,16,17). The Hall–Kier alpha value is -1.46. The molecule has 1 atom stereocenters. The third-order valence-electron chi connectivity index (χ3n) is 2.78. The second-order valence-electron chi connectivity index (χ2n) is 4.15. The van der Waals surface area contributed by atoms with E-state index in [1.54, 1.807) is 12.1 Å². The SMILES string of the molecule is COc1cc(OC)c(NC(=O)C(C)CCN)cc1Cl. The Morgan fingerprint density at radius 3 is 2.53 bits per heavy atom. The van der Waals surface area contributed by atoms with E-state index >= 15 is 0 Å². The fraction of sp³-hybridized carbons (Fsp3) is 0.462. The van der Waals surface area contributed by atoms with Crippen LogP contribution in [0.1, 0.15) is 13.3 Å². The molecule has 3 N–H and O–H groups in total. The van der Waals surface area contributed by atoms with Crippen LogP contribution in [0, 0.1) is 5.92 Å². The minimum Gasteiger partial charge on any atom is -0.495 e. The Kier molecular flexibility index (Phi) is 5.92. The summed E-state index contributed by atoms with van der Waals surface area (Å²) >= 11 is 6.03. The fourth-order valence-corrected chi connectivity index (χ4v) is 1.84. The minimum atomic E-state index is -0.171. The molecule has 0 fully saturated rings. The van der Waals surface area contributed by atoms with Crippen molar-refractivity contribution in [2.24, 2.45) is 11.7 Å². The lowest BCUT2D eigenvalue weighted by Gasteiger charge is -2.15. The van der Waals surface area contributed by atoms with E-state index in [1.165, 1.54) is 14.2 Å². The van der Waals surface area contributed by atoms with Crippen LogP contribution in [0.3, 0.4) is 0 Å². The van der Waals surface area contributed by atoms with Crippen LogP contribution in [-0.2, 0) is 4.79 Å². The summed E-state index contributed by atoms with van der Waals surface area (Å²) in [7, 11) is 3.03. The number of nitrogens with two attached hydrogens (primary N) is 1. The molecular weight excluding hydrogens is 268 g/mol. The Balaban J connectivity index is 2.94. The van der Waals surface area contributed by atoms with Crippen molar-refractivity contribution < 1.29 is 14.3 Å². The molecule has 0 aliphatic carbocycles. The number of carbonyl (C=O) groups excluding carboxylic acids is 1. The Bertz CT molecular complexity index is 452. The quantitative estimate of drug-likeness (QED) is 0.841. The van der Waals surface area contributed by atoms with Gasteiger partial charge in [-0.25, -0.2) is 0 Å². The zero-order valence-electron chi connectivity index (χ0n) is 11.3. The summed E-state index contributed by atoms with van der Waals surface area (Å²) in [4.78, 5) is 11.9. The highest BCUT2D eigenvalue weighted by Gasteiger charge is 2.16. The first-order valence-corrected chi connectivity index (χ1v) is 6.33. The number of methoxy groups -OCH3 is 2. The van der Waals surface area contributed by atoms with Crippen LogP contribution < -0.4 is 20.5 Å². The van der Waals surface area contributed by atoms with Gasteiger partial charge in [-0.2, -0.15) is 0 Å². The predicted octanol–water partition coefficient (Wildman–Crippen LogP) is 2.28. The van der Waals surface area contributed by atoms with Gasteiger partial charge in [-0.3, -0.25) is 4.79 Å². The Labute approximate surface area is 118 Å². The zero-order valence-corrected chi connectivity index (χ0v) is 12.1. The average Bonchev–Trinajstić information content (AvgIpc) is 2.39. The van der Waals surface area contributed by atoms with Gasteiger partial charge >= 0.3 is 0 Å². The van der Waals surface area contributed by atoms with E-state index in [0.29, 0.717) is 35.2 Å². The molecule has 0 radical (unpaired) electrons. The summed E-state index contributed by atoms with van der Waals surface area (Å²) in [6, 6.07) is 3.23. The molecule has 0 aliphatic heterocycles. The summed E-state index contributed by atoms with van der Waals surface area (Å²) in [5, 5.41) is 3.19. The molecule has 1 aromatic rings. The van der Waals surface area contributed by atoms with Crippen molar-refractivity contribution in [3.8, 4) is 11.5 Å². The van der Waals surface area contributed by atoms with Gasteiger partial charge in [0.15, 0.2) is 0 Å². The van der Waals surface area contributed by atoms with Crippen LogP contribution in [0.4, 0.5) is 5.69 Å². The van der Waals surface area contributed by atoms with Crippen molar-refractivity contribution in [3.63, 3.8) is 0 Å². The molecule has 0 spiro atoms. The molecule has 0 saturated heterocycles. The number of carbonyl (C=O) groups is 1. The van der Waals surface area contributed by atoms with Crippen LogP contribution in [0.5, 0.6) is 11.5 Å². The van der Waals surface area contributed by atoms with Gasteiger partial charge in [0.2, 0.25) is 5.91 Å². The lowest BCUT2D eigenvalue weighted by Crippen LogP contribution is -2.23. The fourth-order valence-electron chi connectivity index (χ4n) is 1.59. The van der Waals surface area contributed by atoms with Crippen molar-refractivity contribution >= 4 is 23.2 Å². The summed E-state index contributed by atoms with van der Waals surface area (Å²) < 4.78 is 10.3. The van der Waals surface area contributed by atoms with Gasteiger partial charge in [0.05, 0.1) is 24.9 Å². The summed E-state index contributed by atoms with van der Waals surface area (Å²) in [6.45, 7) is 2.29. The third kappa shape index (κ3) is 4.01. The maximum absolute atomic E-state index is 11.9. The van der Waals surface area contributed by atoms with E-state index in [-0.39, 0.29) is 11.8 Å². The molecule has 106 valence electrons. The molecule has 0 aromatic heterocycles. The molecule has 0 aliphatic rings. The normalized spacial score (nSPS) is 11.8. The number of ether oxygens (including phenoxy) is 2. The summed E-state index contributed by atoms with van der Waals surface area (Å²) in [5.41, 5.74) is 5.95. The van der Waals surface area contributed by atoms with Gasteiger partial charge in [0.25, 0.3) is 0 Å². The number of amides is 1. The molecule has 0 saturated carbocycles. The molecule has 0 heterocycles. The van der Waals surface area contributed by atoms with Gasteiger partial charge in [0, 0.05) is 12.0 Å². The van der Waals surface area contributed by atoms with E-state index in [2.05, 4.69) is 5.32 Å². The highest BCUT2D eigenvalue weighted by Crippen LogP contribution is 2.36. The van der Waals surface area contributed by atoms with Gasteiger partial charge in [-0.15, -0.1) is 0 Å². The first-order chi connectivity index (χ1) is 9.03. The monoisotopic (exact) mass is 286 g/mol. The molecule has 6 heteroatoms. The average molecular weight is 287 g/mol. The van der Waals surface area contributed by atoms with E-state index < -0.39 is 0 Å². The second kappa shape index (κ2) is 7.21. The highest BCUT2D eigenvalue weighted by molar-refractivity contribution is 6.32. The molecule has 1 amide bonds. The topological polar surface area (TPSA) is 73.6 Å². The Morgan fingerprint density at radius 2 is 2.00 bits per heavy atom. The number of benzene rings is 1. The van der Waals surface area contributed by atoms with Crippen LogP contribution in [0.25, 0.3) is 0 Å². The van der Waals surface area contributed by atoms with Crippen LogP contribution in [0.2, 0.25) is 5.02 Å². The predicted molar refractivity (Wildman–Crippen MR) is 76.0 cm³/mol. The van der Waals surface area contributed by atoms with Crippen molar-refractivity contribution in [2.75, 3.05) is 26.1 Å². The van der Waals surface area contributed by atoms with Crippen LogP contribution >= 0.6 is 11.6 Å². The van der Waals surface area contributed by atoms with Crippen molar-refractivity contribution in [1.29, 1.82) is 0 Å². The molecular formula is C13H19ClN2O3. The maximum atomic E-state index is 11.9. The lowest BCUT2D eigenvalue weighted by molar-refractivity contribution is -0.119. The van der Waals surface area contributed by atoms with Crippen LogP contribution in [0.15, 0.2) is 12.1 Å². The third-order valence-corrected chi connectivity index (χ3v) is 3.07. The summed E-state index contributed by atoms with van der Waals surface area (Å²) in [5.74, 6) is 0.696. The number of anilines is 1. The van der Waals surface area contributed by atoms with E-state index in [4.69, 9.17) is 26.8 Å². The van der Waals surface area contributed by atoms with Crippen molar-refractivity contribution in [3.05, 3.63) is 17.2 Å². The highest BCUT2D eigenvalue weighted by atomic mass is 35.5. The van der Waals surface area contributed by atoms with Gasteiger partial charge < -0.3 is 20.5 Å². The van der Waals surface area contributed by atoms with Gasteiger partial charge in [0.1, 0.15) is 11.5 Å². The lowest BCUT2D eigenvalue weighted by atomic mass is 10.1.